The summed E-state index contributed by atoms with van der Waals surface area (Å²) < 4.78 is 37.5. The van der Waals surface area contributed by atoms with Crippen molar-refractivity contribution in [1.29, 1.82) is 0 Å². The van der Waals surface area contributed by atoms with Gasteiger partial charge in [0.05, 0.1) is 34.7 Å². The lowest BCUT2D eigenvalue weighted by Crippen LogP contribution is -2.52. The van der Waals surface area contributed by atoms with E-state index < -0.39 is 15.9 Å². The van der Waals surface area contributed by atoms with Crippen LogP contribution in [0.5, 0.6) is 0 Å². The number of nitrogens with one attached hydrogen (secondary N) is 2. The molecular weight excluding hydrogens is 801 g/mol. The molecule has 16 heteroatoms. The Morgan fingerprint density at radius 1 is 0.950 bits per heavy atom. The first-order chi connectivity index (χ1) is 29.0. The lowest BCUT2D eigenvalue weighted by atomic mass is 9.89. The Morgan fingerprint density at radius 2 is 1.77 bits per heavy atom. The molecule has 5 heterocycles. The average molecular weight is 853 g/mol. The van der Waals surface area contributed by atoms with Gasteiger partial charge in [-0.25, -0.2) is 23.1 Å². The third-order valence-electron chi connectivity index (χ3n) is 12.0. The maximum Gasteiger partial charge on any atom is 0.311 e. The molecule has 0 radical (unpaired) electrons. The summed E-state index contributed by atoms with van der Waals surface area (Å²) in [6.45, 7) is 7.08. The van der Waals surface area contributed by atoms with Crippen molar-refractivity contribution in [3.63, 3.8) is 0 Å². The first kappa shape index (κ1) is 41.5. The number of sulfonamides is 1. The van der Waals surface area contributed by atoms with E-state index in [0.29, 0.717) is 72.8 Å². The maximum absolute atomic E-state index is 14.2. The minimum absolute atomic E-state index is 0.0251. The van der Waals surface area contributed by atoms with E-state index in [0.717, 1.165) is 59.3 Å². The number of ether oxygens (including phenoxy) is 1. The first-order valence-electron chi connectivity index (χ1n) is 21.1. The largest absolute Gasteiger partial charge is 0.465 e. The summed E-state index contributed by atoms with van der Waals surface area (Å²) in [5, 5.41) is 8.23. The van der Waals surface area contributed by atoms with Crippen LogP contribution >= 0.6 is 11.3 Å². The summed E-state index contributed by atoms with van der Waals surface area (Å²) >= 11 is 1.42. The Labute approximate surface area is 354 Å². The SMILES string of the molecule is CCCCOC(=O)C1CN(CCS(=O)(=O)NC(=O)c2nc(N3CCc4cccc(C(=O)Nc5nc6ccccc6s5)c4C3)ccc2-c2cnn(CC3CCCCC3)c2C)C1. The molecule has 2 amide bonds. The van der Waals surface area contributed by atoms with E-state index in [1.165, 1.54) is 30.6 Å². The quantitative estimate of drug-likeness (QED) is 0.0861. The van der Waals surface area contributed by atoms with Gasteiger partial charge in [-0.1, -0.05) is 68.2 Å². The fourth-order valence-electron chi connectivity index (χ4n) is 8.43. The van der Waals surface area contributed by atoms with Crippen LogP contribution in [0.2, 0.25) is 0 Å². The number of esters is 1. The Hall–Kier alpha value is -5.19. The summed E-state index contributed by atoms with van der Waals surface area (Å²) in [4.78, 5) is 53.6. The van der Waals surface area contributed by atoms with E-state index in [1.54, 1.807) is 12.3 Å². The standard InChI is InChI=1S/C44H52N8O6S2/c1-3-4-22-58-43(55)32-26-50(27-32)21-23-60(56,57)49-42(54)40-33(35-24-45-52(29(35)2)25-30-11-6-5-7-12-30)17-18-39(47-40)51-20-19-31-13-10-14-34(36(31)28-51)41(53)48-44-46-37-15-8-9-16-38(37)59-44/h8-10,13-18,24,30,32H,3-7,11-12,19-23,25-28H2,1-2H3,(H,49,54)(H,46,48,53). The van der Waals surface area contributed by atoms with E-state index in [9.17, 15) is 22.8 Å². The lowest BCUT2D eigenvalue weighted by molar-refractivity contribution is -0.154. The third kappa shape index (κ3) is 9.40. The second kappa shape index (κ2) is 18.2. The topological polar surface area (TPSA) is 169 Å². The molecule has 2 aromatic carbocycles. The van der Waals surface area contributed by atoms with Crippen LogP contribution in [0, 0.1) is 18.8 Å². The van der Waals surface area contributed by atoms with Gasteiger partial charge in [0.1, 0.15) is 11.5 Å². The molecule has 3 aromatic heterocycles. The molecule has 2 fully saturated rings. The highest BCUT2D eigenvalue weighted by Crippen LogP contribution is 2.33. The Kier molecular flexibility index (Phi) is 12.6. The number of anilines is 2. The van der Waals surface area contributed by atoms with Gasteiger partial charge in [-0.2, -0.15) is 5.10 Å². The molecule has 0 spiro atoms. The molecule has 0 unspecified atom stereocenters. The molecule has 2 aliphatic heterocycles. The highest BCUT2D eigenvalue weighted by atomic mass is 32.2. The van der Waals surface area contributed by atoms with E-state index in [-0.39, 0.29) is 35.8 Å². The number of nitrogens with zero attached hydrogens (tertiary/aromatic N) is 6. The van der Waals surface area contributed by atoms with Crippen LogP contribution in [-0.4, -0.2) is 89.4 Å². The summed E-state index contributed by atoms with van der Waals surface area (Å²) in [7, 11) is -4.09. The van der Waals surface area contributed by atoms with E-state index in [4.69, 9.17) is 14.8 Å². The zero-order valence-electron chi connectivity index (χ0n) is 34.2. The van der Waals surface area contributed by atoms with Crippen molar-refractivity contribution in [3.05, 3.63) is 88.9 Å². The highest BCUT2D eigenvalue weighted by molar-refractivity contribution is 7.90. The van der Waals surface area contributed by atoms with Crippen LogP contribution in [0.25, 0.3) is 21.3 Å². The number of thiazole rings is 1. The number of amides is 2. The molecule has 1 saturated carbocycles. The number of benzene rings is 2. The van der Waals surface area contributed by atoms with Crippen molar-refractivity contribution in [2.45, 2.75) is 78.3 Å². The summed E-state index contributed by atoms with van der Waals surface area (Å²) in [6.07, 6.45) is 10.1. The van der Waals surface area contributed by atoms with Crippen molar-refractivity contribution < 1.29 is 27.5 Å². The number of para-hydroxylation sites is 1. The predicted molar refractivity (Wildman–Crippen MR) is 233 cm³/mol. The minimum Gasteiger partial charge on any atom is -0.465 e. The molecule has 316 valence electrons. The zero-order chi connectivity index (χ0) is 41.8. The zero-order valence-corrected chi connectivity index (χ0v) is 35.8. The number of pyridine rings is 1. The Balaban J connectivity index is 1.02. The van der Waals surface area contributed by atoms with Gasteiger partial charge in [0.2, 0.25) is 10.0 Å². The molecule has 8 rings (SSSR count). The number of aromatic nitrogens is 4. The predicted octanol–water partition coefficient (Wildman–Crippen LogP) is 6.59. The second-order valence-electron chi connectivity index (χ2n) is 16.2. The molecule has 2 N–H and O–H groups in total. The molecule has 0 bridgehead atoms. The molecule has 5 aromatic rings. The molecule has 14 nitrogen and oxygen atoms in total. The van der Waals surface area contributed by atoms with Crippen molar-refractivity contribution in [2.75, 3.05) is 48.8 Å². The number of hydrogen-bond acceptors (Lipinski definition) is 12. The number of rotatable bonds is 15. The van der Waals surface area contributed by atoms with Crippen LogP contribution < -0.4 is 14.9 Å². The Morgan fingerprint density at radius 3 is 2.57 bits per heavy atom. The van der Waals surface area contributed by atoms with E-state index >= 15 is 0 Å². The van der Waals surface area contributed by atoms with E-state index in [2.05, 4.69) is 15.0 Å². The Bertz CT molecular complexity index is 2460. The highest BCUT2D eigenvalue weighted by Gasteiger charge is 2.35. The molecular formula is C44H52N8O6S2. The molecule has 1 aliphatic carbocycles. The lowest BCUT2D eigenvalue weighted by Gasteiger charge is -2.37. The smallest absolute Gasteiger partial charge is 0.311 e. The minimum atomic E-state index is -4.09. The number of hydrogen-bond donors (Lipinski definition) is 2. The van der Waals surface area contributed by atoms with Gasteiger partial charge in [-0.3, -0.25) is 24.4 Å². The number of unbranched alkanes of at least 4 members (excludes halogenated alkanes) is 1. The van der Waals surface area contributed by atoms with Crippen molar-refractivity contribution in [1.82, 2.24) is 29.4 Å². The van der Waals surface area contributed by atoms with Crippen LogP contribution in [0.15, 0.2) is 60.8 Å². The van der Waals surface area contributed by atoms with Crippen molar-refractivity contribution >= 4 is 60.3 Å². The van der Waals surface area contributed by atoms with Crippen LogP contribution in [0.3, 0.4) is 0 Å². The van der Waals surface area contributed by atoms with Crippen molar-refractivity contribution in [2.24, 2.45) is 11.8 Å². The normalized spacial score (nSPS) is 16.3. The number of likely N-dealkylation sites (tertiary alicyclic amines) is 1. The summed E-state index contributed by atoms with van der Waals surface area (Å²) in [5.74, 6) is -0.938. The number of carbonyl (C=O) groups is 3. The fraction of sp³-hybridized carbons (Fsp3) is 0.455. The van der Waals surface area contributed by atoms with E-state index in [1.807, 2.05) is 76.9 Å². The third-order valence-corrected chi connectivity index (χ3v) is 14.1. The maximum atomic E-state index is 14.2. The average Bonchev–Trinajstić information content (AvgIpc) is 3.81. The van der Waals surface area contributed by atoms with Gasteiger partial charge in [-0.15, -0.1) is 0 Å². The van der Waals surface area contributed by atoms with Gasteiger partial charge >= 0.3 is 5.97 Å². The summed E-state index contributed by atoms with van der Waals surface area (Å²) in [5.41, 5.74) is 5.29. The van der Waals surface area contributed by atoms with Gasteiger partial charge < -0.3 is 14.5 Å². The number of fused-ring (bicyclic) bond motifs is 2. The van der Waals surface area contributed by atoms with Gasteiger partial charge in [0.25, 0.3) is 11.8 Å². The van der Waals surface area contributed by atoms with Crippen LogP contribution in [-0.2, 0) is 39.1 Å². The van der Waals surface area contributed by atoms with Gasteiger partial charge in [0.15, 0.2) is 5.13 Å². The second-order valence-corrected chi connectivity index (χ2v) is 19.1. The van der Waals surface area contributed by atoms with Crippen LogP contribution in [0.4, 0.5) is 10.9 Å². The monoisotopic (exact) mass is 852 g/mol. The molecule has 60 heavy (non-hydrogen) atoms. The molecule has 3 aliphatic rings. The molecule has 0 atom stereocenters. The van der Waals surface area contributed by atoms with Crippen LogP contribution in [0.1, 0.15) is 89.5 Å². The van der Waals surface area contributed by atoms with Crippen molar-refractivity contribution in [3.8, 4) is 11.1 Å². The first-order valence-corrected chi connectivity index (χ1v) is 23.5. The number of carbonyl (C=O) groups excluding carboxylic acids is 3. The van der Waals surface area contributed by atoms with Gasteiger partial charge in [0, 0.05) is 61.7 Å². The fourth-order valence-corrected chi connectivity index (χ4v) is 10.3. The molecule has 1 saturated heterocycles. The summed E-state index contributed by atoms with van der Waals surface area (Å²) in [6, 6.07) is 17.1. The van der Waals surface area contributed by atoms with Gasteiger partial charge in [-0.05, 0) is 80.0 Å².